The summed E-state index contributed by atoms with van der Waals surface area (Å²) in [6.07, 6.45) is -7.45. The molecule has 3 aromatic rings. The third kappa shape index (κ3) is 7.15. The Bertz CT molecular complexity index is 1410. The van der Waals surface area contributed by atoms with Gasteiger partial charge in [-0.05, 0) is 36.4 Å². The van der Waals surface area contributed by atoms with Crippen molar-refractivity contribution in [2.45, 2.75) is 75.9 Å². The number of rotatable bonds is 10. The lowest BCUT2D eigenvalue weighted by Crippen LogP contribution is -2.37. The molecule has 1 aliphatic carbocycles. The number of pyridine rings is 1. The highest BCUT2D eigenvalue weighted by Gasteiger charge is 2.40. The molecule has 3 heterocycles. The molecule has 2 amide bonds. The fraction of sp³-hybridized carbons (Fsp3) is 0.560. The van der Waals surface area contributed by atoms with Crippen molar-refractivity contribution in [2.24, 2.45) is 5.92 Å². The maximum atomic E-state index is 15.7. The van der Waals surface area contributed by atoms with Crippen LogP contribution in [0.2, 0.25) is 0 Å². The number of hydrogen-bond acceptors (Lipinski definition) is 6. The van der Waals surface area contributed by atoms with E-state index in [0.29, 0.717) is 6.42 Å². The van der Waals surface area contributed by atoms with E-state index in [-0.39, 0.29) is 29.9 Å². The van der Waals surface area contributed by atoms with Gasteiger partial charge >= 0.3 is 6.18 Å². The van der Waals surface area contributed by atoms with Gasteiger partial charge in [0.1, 0.15) is 12.2 Å². The number of fused-ring (bicyclic) bond motifs is 1. The monoisotopic (exact) mass is 610 g/mol. The molecule has 0 aliphatic heterocycles. The highest BCUT2D eigenvalue weighted by molar-refractivity contribution is 5.93. The van der Waals surface area contributed by atoms with Crippen LogP contribution >= 0.6 is 0 Å². The van der Waals surface area contributed by atoms with Crippen LogP contribution in [0, 0.1) is 11.7 Å². The summed E-state index contributed by atoms with van der Waals surface area (Å²) >= 11 is 0. The van der Waals surface area contributed by atoms with E-state index in [1.165, 1.54) is 17.7 Å². The van der Waals surface area contributed by atoms with Crippen molar-refractivity contribution in [3.05, 3.63) is 46.9 Å². The molecule has 17 heteroatoms. The second kappa shape index (κ2) is 12.2. The van der Waals surface area contributed by atoms with Crippen molar-refractivity contribution in [3.63, 3.8) is 0 Å². The summed E-state index contributed by atoms with van der Waals surface area (Å²) in [5.74, 6) is -8.88. The standard InChI is InChI=1S/C25H26F8N6O3/c1-2-15-20(38-42-37-15)23(41)36-19(12-3-6-24(29,30)7-4-12)16-10-39-8-5-13(18(28)21(39)35-16)14(9-17(26)27)22(40)34-11-25(31,32)33/h5,8,10,12,14,17,19H,2-4,6-7,9,11H2,1H3,(H,34,40)(H,36,41). The molecule has 42 heavy (non-hydrogen) atoms. The number of carbonyl (C=O) groups is 2. The summed E-state index contributed by atoms with van der Waals surface area (Å²) in [5, 5.41) is 11.4. The van der Waals surface area contributed by atoms with Crippen molar-refractivity contribution in [2.75, 3.05) is 6.54 Å². The second-order valence-corrected chi connectivity index (χ2v) is 10.1. The number of alkyl halides is 7. The predicted molar refractivity (Wildman–Crippen MR) is 128 cm³/mol. The smallest absolute Gasteiger partial charge is 0.346 e. The van der Waals surface area contributed by atoms with E-state index >= 15 is 4.39 Å². The van der Waals surface area contributed by atoms with Gasteiger partial charge in [-0.1, -0.05) is 12.1 Å². The Hall–Kier alpha value is -3.79. The molecule has 3 aromatic heterocycles. The normalized spacial score (nSPS) is 17.4. The number of nitrogens with one attached hydrogen (secondary N) is 2. The lowest BCUT2D eigenvalue weighted by molar-refractivity contribution is -0.139. The van der Waals surface area contributed by atoms with Crippen LogP contribution in [0.15, 0.2) is 23.1 Å². The third-order valence-electron chi connectivity index (χ3n) is 7.13. The van der Waals surface area contributed by atoms with Crippen LogP contribution in [0.25, 0.3) is 5.65 Å². The van der Waals surface area contributed by atoms with E-state index in [4.69, 9.17) is 0 Å². The average Bonchev–Trinajstić information content (AvgIpc) is 3.57. The minimum absolute atomic E-state index is 0.0207. The summed E-state index contributed by atoms with van der Waals surface area (Å²) in [6.45, 7) is -0.101. The van der Waals surface area contributed by atoms with E-state index < -0.39 is 91.1 Å². The van der Waals surface area contributed by atoms with Crippen molar-refractivity contribution >= 4 is 17.5 Å². The molecule has 230 valence electrons. The zero-order valence-electron chi connectivity index (χ0n) is 22.0. The molecule has 2 atom stereocenters. The van der Waals surface area contributed by atoms with Crippen LogP contribution in [-0.2, 0) is 11.2 Å². The van der Waals surface area contributed by atoms with Crippen LogP contribution in [0.5, 0.6) is 0 Å². The molecule has 1 aliphatic rings. The summed E-state index contributed by atoms with van der Waals surface area (Å²) in [5.41, 5.74) is -0.945. The largest absolute Gasteiger partial charge is 0.405 e. The van der Waals surface area contributed by atoms with E-state index in [9.17, 15) is 40.3 Å². The summed E-state index contributed by atoms with van der Waals surface area (Å²) in [6, 6.07) is -0.0538. The first kappa shape index (κ1) is 31.2. The molecule has 0 radical (unpaired) electrons. The Kier molecular flexibility index (Phi) is 9.06. The number of amides is 2. The lowest BCUT2D eigenvalue weighted by Gasteiger charge is -2.33. The Morgan fingerprint density at radius 3 is 2.50 bits per heavy atom. The lowest BCUT2D eigenvalue weighted by atomic mass is 9.81. The van der Waals surface area contributed by atoms with Gasteiger partial charge in [0.15, 0.2) is 17.2 Å². The van der Waals surface area contributed by atoms with Crippen LogP contribution in [0.4, 0.5) is 35.1 Å². The number of nitrogens with zero attached hydrogens (tertiary/aromatic N) is 4. The molecule has 1 fully saturated rings. The van der Waals surface area contributed by atoms with Gasteiger partial charge in [-0.2, -0.15) is 13.2 Å². The zero-order chi connectivity index (χ0) is 30.8. The van der Waals surface area contributed by atoms with Crippen LogP contribution in [0.3, 0.4) is 0 Å². The first-order valence-corrected chi connectivity index (χ1v) is 13.0. The highest BCUT2D eigenvalue weighted by atomic mass is 19.4. The van der Waals surface area contributed by atoms with Crippen LogP contribution in [0.1, 0.15) is 78.4 Å². The van der Waals surface area contributed by atoms with Crippen molar-refractivity contribution in [1.82, 2.24) is 30.3 Å². The maximum Gasteiger partial charge on any atom is 0.405 e. The van der Waals surface area contributed by atoms with E-state index in [0.717, 1.165) is 10.5 Å². The topological polar surface area (TPSA) is 114 Å². The molecular formula is C25H26F8N6O3. The fourth-order valence-electron chi connectivity index (χ4n) is 4.98. The van der Waals surface area contributed by atoms with E-state index in [1.807, 2.05) is 0 Å². The third-order valence-corrected chi connectivity index (χ3v) is 7.13. The minimum Gasteiger partial charge on any atom is -0.346 e. The Balaban J connectivity index is 1.70. The van der Waals surface area contributed by atoms with Gasteiger partial charge < -0.3 is 15.0 Å². The van der Waals surface area contributed by atoms with Gasteiger partial charge in [-0.25, -0.2) is 31.6 Å². The number of halogens is 8. The summed E-state index contributed by atoms with van der Waals surface area (Å²) in [7, 11) is 0. The van der Waals surface area contributed by atoms with Crippen LogP contribution < -0.4 is 10.6 Å². The second-order valence-electron chi connectivity index (χ2n) is 10.1. The van der Waals surface area contributed by atoms with Gasteiger partial charge in [0.05, 0.1) is 17.7 Å². The molecule has 1 saturated carbocycles. The number of aromatic nitrogens is 4. The molecule has 9 nitrogen and oxygen atoms in total. The molecule has 0 aromatic carbocycles. The quantitative estimate of drug-likeness (QED) is 0.308. The SMILES string of the molecule is CCc1nonc1C(=O)NC(c1cn2ccc(C(CC(F)F)C(=O)NCC(F)(F)F)c(F)c2n1)C1CCC(F)(F)CC1. The zero-order valence-corrected chi connectivity index (χ0v) is 22.0. The highest BCUT2D eigenvalue weighted by Crippen LogP contribution is 2.41. The number of aryl methyl sites for hydroxylation is 1. The Labute approximate surface area is 233 Å². The predicted octanol–water partition coefficient (Wildman–Crippen LogP) is 5.13. The van der Waals surface area contributed by atoms with Crippen molar-refractivity contribution in [3.8, 4) is 0 Å². The molecule has 4 rings (SSSR count). The molecule has 0 bridgehead atoms. The molecule has 0 spiro atoms. The summed E-state index contributed by atoms with van der Waals surface area (Å²) < 4.78 is 114. The number of carbonyl (C=O) groups excluding carboxylic acids is 2. The van der Waals surface area contributed by atoms with Gasteiger partial charge in [-0.3, -0.25) is 9.59 Å². The molecule has 2 unspecified atom stereocenters. The summed E-state index contributed by atoms with van der Waals surface area (Å²) in [4.78, 5) is 29.7. The molecular weight excluding hydrogens is 584 g/mol. The minimum atomic E-state index is -4.83. The van der Waals surface area contributed by atoms with Crippen molar-refractivity contribution < 1.29 is 49.3 Å². The van der Waals surface area contributed by atoms with Gasteiger partial charge in [0.25, 0.3) is 5.91 Å². The molecule has 0 saturated heterocycles. The average molecular weight is 611 g/mol. The number of hydrogen-bond donors (Lipinski definition) is 2. The van der Waals surface area contributed by atoms with Crippen molar-refractivity contribution in [1.29, 1.82) is 0 Å². The molecule has 2 N–H and O–H groups in total. The van der Waals surface area contributed by atoms with E-state index in [1.54, 1.807) is 6.92 Å². The van der Waals surface area contributed by atoms with Crippen LogP contribution in [-0.4, -0.2) is 56.6 Å². The Morgan fingerprint density at radius 1 is 1.19 bits per heavy atom. The first-order valence-electron chi connectivity index (χ1n) is 13.0. The first-order chi connectivity index (χ1) is 19.7. The van der Waals surface area contributed by atoms with Gasteiger partial charge in [0.2, 0.25) is 18.3 Å². The van der Waals surface area contributed by atoms with E-state index in [2.05, 4.69) is 25.2 Å². The van der Waals surface area contributed by atoms with Gasteiger partial charge in [0, 0.05) is 37.2 Å². The maximum absolute atomic E-state index is 15.7. The Morgan fingerprint density at radius 2 is 1.88 bits per heavy atom. The fourth-order valence-corrected chi connectivity index (χ4v) is 4.98. The van der Waals surface area contributed by atoms with Gasteiger partial charge in [-0.15, -0.1) is 0 Å². The number of imidazole rings is 1.